The van der Waals surface area contributed by atoms with Crippen molar-refractivity contribution < 1.29 is 4.79 Å². The number of aryl methyl sites for hydroxylation is 2. The van der Waals surface area contributed by atoms with Gasteiger partial charge in [-0.2, -0.15) is 5.10 Å². The first-order chi connectivity index (χ1) is 12.4. The lowest BCUT2D eigenvalue weighted by molar-refractivity contribution is -0.126. The zero-order valence-corrected chi connectivity index (χ0v) is 17.5. The second-order valence-corrected chi connectivity index (χ2v) is 8.64. The van der Waals surface area contributed by atoms with Crippen LogP contribution in [-0.2, 0) is 16.8 Å². The SMILES string of the molecule is Cc1cc(C)n(CC(C)CNC(=O)C2(c3ccc(Br)cc3)CCCC2)n1. The summed E-state index contributed by atoms with van der Waals surface area (Å²) < 4.78 is 3.08. The predicted molar refractivity (Wildman–Crippen MR) is 108 cm³/mol. The first kappa shape index (κ1) is 19.2. The van der Waals surface area contributed by atoms with Crippen LogP contribution in [0.15, 0.2) is 34.8 Å². The van der Waals surface area contributed by atoms with E-state index in [0.29, 0.717) is 12.5 Å². The summed E-state index contributed by atoms with van der Waals surface area (Å²) in [5.41, 5.74) is 2.99. The number of carbonyl (C=O) groups is 1. The van der Waals surface area contributed by atoms with Gasteiger partial charge in [0.05, 0.1) is 11.1 Å². The number of hydrogen-bond acceptors (Lipinski definition) is 2. The van der Waals surface area contributed by atoms with Crippen molar-refractivity contribution >= 4 is 21.8 Å². The number of nitrogens with zero attached hydrogens (tertiary/aromatic N) is 2. The molecule has 5 heteroatoms. The molecule has 4 nitrogen and oxygen atoms in total. The number of amides is 1. The van der Waals surface area contributed by atoms with E-state index in [-0.39, 0.29) is 11.3 Å². The van der Waals surface area contributed by atoms with Crippen molar-refractivity contribution in [2.75, 3.05) is 6.54 Å². The molecule has 26 heavy (non-hydrogen) atoms. The molecule has 1 saturated carbocycles. The number of carbonyl (C=O) groups excluding carboxylic acids is 1. The molecular weight excluding hydrogens is 390 g/mol. The Morgan fingerprint density at radius 1 is 1.27 bits per heavy atom. The average molecular weight is 418 g/mol. The van der Waals surface area contributed by atoms with E-state index in [4.69, 9.17) is 0 Å². The van der Waals surface area contributed by atoms with Gasteiger partial charge in [0.1, 0.15) is 0 Å². The molecule has 1 aromatic heterocycles. The molecule has 2 aromatic rings. The molecule has 0 radical (unpaired) electrons. The van der Waals surface area contributed by atoms with Gasteiger partial charge in [-0.05, 0) is 56.4 Å². The van der Waals surface area contributed by atoms with Crippen LogP contribution < -0.4 is 5.32 Å². The maximum Gasteiger partial charge on any atom is 0.230 e. The summed E-state index contributed by atoms with van der Waals surface area (Å²) in [5.74, 6) is 0.512. The van der Waals surface area contributed by atoms with Gasteiger partial charge in [0, 0.05) is 23.3 Å². The summed E-state index contributed by atoms with van der Waals surface area (Å²) in [7, 11) is 0. The van der Waals surface area contributed by atoms with Crippen LogP contribution >= 0.6 is 15.9 Å². The molecule has 1 aliphatic rings. The average Bonchev–Trinajstić information content (AvgIpc) is 3.21. The van der Waals surface area contributed by atoms with Crippen molar-refractivity contribution in [3.05, 3.63) is 51.8 Å². The number of halogens is 1. The molecular formula is C21H28BrN3O. The van der Waals surface area contributed by atoms with Gasteiger partial charge < -0.3 is 5.32 Å². The van der Waals surface area contributed by atoms with Crippen LogP contribution in [0.2, 0.25) is 0 Å². The maximum absolute atomic E-state index is 13.1. The molecule has 1 aromatic carbocycles. The molecule has 0 saturated heterocycles. The highest BCUT2D eigenvalue weighted by Gasteiger charge is 2.42. The zero-order chi connectivity index (χ0) is 18.7. The minimum atomic E-state index is -0.362. The quantitative estimate of drug-likeness (QED) is 0.750. The Bertz CT molecular complexity index is 760. The van der Waals surface area contributed by atoms with Gasteiger partial charge in [-0.25, -0.2) is 0 Å². The van der Waals surface area contributed by atoms with Crippen molar-refractivity contribution in [2.24, 2.45) is 5.92 Å². The van der Waals surface area contributed by atoms with Gasteiger partial charge in [-0.15, -0.1) is 0 Å². The fraction of sp³-hybridized carbons (Fsp3) is 0.524. The fourth-order valence-electron chi connectivity index (χ4n) is 4.05. The van der Waals surface area contributed by atoms with E-state index in [1.165, 1.54) is 5.69 Å². The van der Waals surface area contributed by atoms with Crippen LogP contribution in [-0.4, -0.2) is 22.2 Å². The number of rotatable bonds is 6. The van der Waals surface area contributed by atoms with Crippen molar-refractivity contribution in [2.45, 2.75) is 58.4 Å². The lowest BCUT2D eigenvalue weighted by atomic mass is 9.78. The first-order valence-electron chi connectivity index (χ1n) is 9.46. The summed E-state index contributed by atoms with van der Waals surface area (Å²) >= 11 is 3.49. The summed E-state index contributed by atoms with van der Waals surface area (Å²) in [6, 6.07) is 10.3. The van der Waals surface area contributed by atoms with Gasteiger partial charge in [0.15, 0.2) is 0 Å². The van der Waals surface area contributed by atoms with Gasteiger partial charge >= 0.3 is 0 Å². The first-order valence-corrected chi connectivity index (χ1v) is 10.3. The highest BCUT2D eigenvalue weighted by atomic mass is 79.9. The molecule has 1 unspecified atom stereocenters. The Morgan fingerprint density at radius 2 is 1.92 bits per heavy atom. The van der Waals surface area contributed by atoms with Crippen molar-refractivity contribution in [1.82, 2.24) is 15.1 Å². The van der Waals surface area contributed by atoms with E-state index in [1.54, 1.807) is 0 Å². The van der Waals surface area contributed by atoms with Gasteiger partial charge in [0.25, 0.3) is 0 Å². The van der Waals surface area contributed by atoms with E-state index in [9.17, 15) is 4.79 Å². The third kappa shape index (κ3) is 4.03. The van der Waals surface area contributed by atoms with Gasteiger partial charge in [0.2, 0.25) is 5.91 Å². The second-order valence-electron chi connectivity index (χ2n) is 7.72. The number of nitrogens with one attached hydrogen (secondary N) is 1. The van der Waals surface area contributed by atoms with Crippen LogP contribution in [0.5, 0.6) is 0 Å². The predicted octanol–water partition coefficient (Wildman–Crippen LogP) is 4.53. The molecule has 1 atom stereocenters. The highest BCUT2D eigenvalue weighted by Crippen LogP contribution is 2.41. The normalized spacial score (nSPS) is 17.2. The van der Waals surface area contributed by atoms with E-state index >= 15 is 0 Å². The monoisotopic (exact) mass is 417 g/mol. The topological polar surface area (TPSA) is 46.9 Å². The molecule has 3 rings (SSSR count). The molecule has 140 valence electrons. The number of benzene rings is 1. The number of aromatic nitrogens is 2. The van der Waals surface area contributed by atoms with Gasteiger partial charge in [-0.3, -0.25) is 9.48 Å². The molecule has 1 fully saturated rings. The Kier molecular flexibility index (Phi) is 5.86. The third-order valence-corrected chi connectivity index (χ3v) is 6.02. The van der Waals surface area contributed by atoms with Crippen LogP contribution in [0.4, 0.5) is 0 Å². The van der Waals surface area contributed by atoms with E-state index in [0.717, 1.165) is 48.0 Å². The Hall–Kier alpha value is -1.62. The highest BCUT2D eigenvalue weighted by molar-refractivity contribution is 9.10. The molecule has 0 spiro atoms. The molecule has 0 aliphatic heterocycles. The van der Waals surface area contributed by atoms with Crippen LogP contribution in [0.1, 0.15) is 49.6 Å². The van der Waals surface area contributed by atoms with Crippen molar-refractivity contribution in [1.29, 1.82) is 0 Å². The maximum atomic E-state index is 13.1. The largest absolute Gasteiger partial charge is 0.355 e. The molecule has 1 heterocycles. The Balaban J connectivity index is 1.65. The fourth-order valence-corrected chi connectivity index (χ4v) is 4.31. The Morgan fingerprint density at radius 3 is 2.50 bits per heavy atom. The summed E-state index contributed by atoms with van der Waals surface area (Å²) in [5, 5.41) is 7.76. The van der Waals surface area contributed by atoms with Crippen molar-refractivity contribution in [3.8, 4) is 0 Å². The summed E-state index contributed by atoms with van der Waals surface area (Å²) in [6.45, 7) is 7.75. The molecule has 0 bridgehead atoms. The molecule has 1 N–H and O–H groups in total. The smallest absolute Gasteiger partial charge is 0.230 e. The molecule has 1 amide bonds. The zero-order valence-electron chi connectivity index (χ0n) is 15.9. The summed E-state index contributed by atoms with van der Waals surface area (Å²) in [4.78, 5) is 13.1. The third-order valence-electron chi connectivity index (χ3n) is 5.49. The van der Waals surface area contributed by atoms with E-state index < -0.39 is 0 Å². The van der Waals surface area contributed by atoms with E-state index in [1.807, 2.05) is 23.7 Å². The lowest BCUT2D eigenvalue weighted by Crippen LogP contribution is -2.44. The number of hydrogen-bond donors (Lipinski definition) is 1. The minimum Gasteiger partial charge on any atom is -0.355 e. The van der Waals surface area contributed by atoms with Crippen LogP contribution in [0, 0.1) is 19.8 Å². The van der Waals surface area contributed by atoms with E-state index in [2.05, 4.69) is 58.4 Å². The Labute approximate surface area is 164 Å². The van der Waals surface area contributed by atoms with Gasteiger partial charge in [-0.1, -0.05) is 47.8 Å². The summed E-state index contributed by atoms with van der Waals surface area (Å²) in [6.07, 6.45) is 4.11. The van der Waals surface area contributed by atoms with Crippen molar-refractivity contribution in [3.63, 3.8) is 0 Å². The minimum absolute atomic E-state index is 0.178. The molecule has 1 aliphatic carbocycles. The van der Waals surface area contributed by atoms with Crippen LogP contribution in [0.3, 0.4) is 0 Å². The second kappa shape index (κ2) is 7.95. The van der Waals surface area contributed by atoms with Crippen LogP contribution in [0.25, 0.3) is 0 Å². The standard InChI is InChI=1S/C21H28BrN3O/c1-15(14-25-17(3)12-16(2)24-25)13-23-20(26)21(10-4-5-11-21)18-6-8-19(22)9-7-18/h6-9,12,15H,4-5,10-11,13-14H2,1-3H3,(H,23,26). The lowest BCUT2D eigenvalue weighted by Gasteiger charge is -2.29.